The summed E-state index contributed by atoms with van der Waals surface area (Å²) in [4.78, 5) is 15.1. The monoisotopic (exact) mass is 308 g/mol. The van der Waals surface area contributed by atoms with E-state index in [1.54, 1.807) is 0 Å². The number of piperidine rings is 1. The van der Waals surface area contributed by atoms with Crippen LogP contribution in [0.15, 0.2) is 0 Å². The average molecular weight is 309 g/mol. The first kappa shape index (κ1) is 17.8. The Morgan fingerprint density at radius 1 is 1.09 bits per heavy atom. The SMILES string of the molecule is CC(C)C1CC(NC(=O)C(C)(C)C)CN(C2CCCCC2)C1. The number of carbonyl (C=O) groups excluding carboxylic acids is 1. The highest BCUT2D eigenvalue weighted by atomic mass is 16.2. The quantitative estimate of drug-likeness (QED) is 0.859. The number of amides is 1. The number of hydrogen-bond acceptors (Lipinski definition) is 2. The van der Waals surface area contributed by atoms with E-state index in [2.05, 4.69) is 24.1 Å². The molecule has 2 rings (SSSR count). The third-order valence-corrected chi connectivity index (χ3v) is 5.56. The lowest BCUT2D eigenvalue weighted by molar-refractivity contribution is -0.130. The molecule has 0 aromatic rings. The molecule has 0 aromatic heterocycles. The lowest BCUT2D eigenvalue weighted by Crippen LogP contribution is -2.56. The van der Waals surface area contributed by atoms with Gasteiger partial charge in [-0.25, -0.2) is 0 Å². The Morgan fingerprint density at radius 2 is 1.73 bits per heavy atom. The molecule has 1 amide bonds. The third kappa shape index (κ3) is 4.71. The molecule has 0 spiro atoms. The summed E-state index contributed by atoms with van der Waals surface area (Å²) in [6, 6.07) is 1.08. The maximum absolute atomic E-state index is 12.4. The van der Waals surface area contributed by atoms with Crippen molar-refractivity contribution < 1.29 is 4.79 Å². The molecule has 1 saturated heterocycles. The van der Waals surface area contributed by atoms with Crippen molar-refractivity contribution >= 4 is 5.91 Å². The Bertz CT molecular complexity index is 366. The maximum Gasteiger partial charge on any atom is 0.225 e. The van der Waals surface area contributed by atoms with Gasteiger partial charge >= 0.3 is 0 Å². The first-order valence-corrected chi connectivity index (χ1v) is 9.32. The zero-order valence-electron chi connectivity index (χ0n) is 15.3. The Morgan fingerprint density at radius 3 is 2.27 bits per heavy atom. The molecular weight excluding hydrogens is 272 g/mol. The number of rotatable bonds is 3. The molecule has 1 aliphatic heterocycles. The van der Waals surface area contributed by atoms with Crippen molar-refractivity contribution in [1.82, 2.24) is 10.2 Å². The van der Waals surface area contributed by atoms with E-state index in [9.17, 15) is 4.79 Å². The van der Waals surface area contributed by atoms with Gasteiger partial charge in [0.15, 0.2) is 0 Å². The molecule has 1 heterocycles. The number of carbonyl (C=O) groups is 1. The molecular formula is C19H36N2O. The molecule has 3 nitrogen and oxygen atoms in total. The Labute approximate surface area is 137 Å². The fourth-order valence-electron chi connectivity index (χ4n) is 3.91. The van der Waals surface area contributed by atoms with E-state index < -0.39 is 0 Å². The maximum atomic E-state index is 12.4. The lowest BCUT2D eigenvalue weighted by Gasteiger charge is -2.45. The van der Waals surface area contributed by atoms with Crippen LogP contribution in [-0.4, -0.2) is 36.0 Å². The molecule has 2 atom stereocenters. The van der Waals surface area contributed by atoms with Crippen molar-refractivity contribution in [3.63, 3.8) is 0 Å². The standard InChI is InChI=1S/C19H36N2O/c1-14(2)15-11-16(20-18(22)19(3,4)5)13-21(12-15)17-9-7-6-8-10-17/h14-17H,6-13H2,1-5H3,(H,20,22). The molecule has 0 bridgehead atoms. The van der Waals surface area contributed by atoms with Gasteiger partial charge in [-0.2, -0.15) is 0 Å². The molecule has 22 heavy (non-hydrogen) atoms. The largest absolute Gasteiger partial charge is 0.352 e. The first-order valence-electron chi connectivity index (χ1n) is 9.32. The third-order valence-electron chi connectivity index (χ3n) is 5.56. The van der Waals surface area contributed by atoms with E-state index in [0.29, 0.717) is 17.9 Å². The summed E-state index contributed by atoms with van der Waals surface area (Å²) in [5, 5.41) is 3.33. The second-order valence-electron chi connectivity index (χ2n) is 8.91. The van der Waals surface area contributed by atoms with Crippen molar-refractivity contribution in [3.05, 3.63) is 0 Å². The first-order chi connectivity index (χ1) is 10.3. The summed E-state index contributed by atoms with van der Waals surface area (Å²) in [6.07, 6.45) is 8.01. The Balaban J connectivity index is 2.01. The smallest absolute Gasteiger partial charge is 0.225 e. The Hall–Kier alpha value is -0.570. The molecule has 3 heteroatoms. The van der Waals surface area contributed by atoms with Gasteiger partial charge in [-0.05, 0) is 31.1 Å². The summed E-state index contributed by atoms with van der Waals surface area (Å²) in [7, 11) is 0. The highest BCUT2D eigenvalue weighted by Gasteiger charge is 2.35. The average Bonchev–Trinajstić information content (AvgIpc) is 2.46. The predicted molar refractivity (Wildman–Crippen MR) is 92.8 cm³/mol. The van der Waals surface area contributed by atoms with Gasteiger partial charge in [0, 0.05) is 30.6 Å². The molecule has 0 aromatic carbocycles. The van der Waals surface area contributed by atoms with Crippen molar-refractivity contribution in [3.8, 4) is 0 Å². The normalized spacial score (nSPS) is 28.8. The zero-order valence-corrected chi connectivity index (χ0v) is 15.3. The molecule has 128 valence electrons. The van der Waals surface area contributed by atoms with E-state index >= 15 is 0 Å². The van der Waals surface area contributed by atoms with Crippen LogP contribution in [0.25, 0.3) is 0 Å². The summed E-state index contributed by atoms with van der Waals surface area (Å²) < 4.78 is 0. The van der Waals surface area contributed by atoms with Crippen LogP contribution >= 0.6 is 0 Å². The molecule has 0 radical (unpaired) electrons. The lowest BCUT2D eigenvalue weighted by atomic mass is 9.83. The van der Waals surface area contributed by atoms with E-state index in [1.807, 2.05) is 20.8 Å². The molecule has 1 N–H and O–H groups in total. The van der Waals surface area contributed by atoms with Crippen LogP contribution in [0.3, 0.4) is 0 Å². The summed E-state index contributed by atoms with van der Waals surface area (Å²) in [5.74, 6) is 1.60. The highest BCUT2D eigenvalue weighted by Crippen LogP contribution is 2.30. The van der Waals surface area contributed by atoms with Crippen molar-refractivity contribution in [2.45, 2.75) is 85.2 Å². The summed E-state index contributed by atoms with van der Waals surface area (Å²) in [6.45, 7) is 13.0. The minimum Gasteiger partial charge on any atom is -0.352 e. The predicted octanol–water partition coefficient (Wildman–Crippen LogP) is 3.83. The molecule has 1 saturated carbocycles. The fourth-order valence-corrected chi connectivity index (χ4v) is 3.91. The van der Waals surface area contributed by atoms with Crippen molar-refractivity contribution in [2.75, 3.05) is 13.1 Å². The van der Waals surface area contributed by atoms with Crippen LogP contribution in [-0.2, 0) is 4.79 Å². The number of nitrogens with one attached hydrogen (secondary N) is 1. The van der Waals surface area contributed by atoms with Gasteiger partial charge < -0.3 is 5.32 Å². The van der Waals surface area contributed by atoms with Gasteiger partial charge in [0.2, 0.25) is 5.91 Å². The fraction of sp³-hybridized carbons (Fsp3) is 0.947. The second-order valence-corrected chi connectivity index (χ2v) is 8.91. The Kier molecular flexibility index (Phi) is 5.93. The van der Waals surface area contributed by atoms with Crippen LogP contribution in [0.1, 0.15) is 73.1 Å². The summed E-state index contributed by atoms with van der Waals surface area (Å²) in [5.41, 5.74) is -0.291. The van der Waals surface area contributed by atoms with Gasteiger partial charge in [0.1, 0.15) is 0 Å². The van der Waals surface area contributed by atoms with Gasteiger partial charge in [-0.15, -0.1) is 0 Å². The van der Waals surface area contributed by atoms with Crippen molar-refractivity contribution in [1.29, 1.82) is 0 Å². The molecule has 2 fully saturated rings. The minimum atomic E-state index is -0.291. The van der Waals surface area contributed by atoms with E-state index in [0.717, 1.165) is 19.0 Å². The second kappa shape index (κ2) is 7.33. The highest BCUT2D eigenvalue weighted by molar-refractivity contribution is 5.81. The number of hydrogen-bond donors (Lipinski definition) is 1. The van der Waals surface area contributed by atoms with Crippen molar-refractivity contribution in [2.24, 2.45) is 17.3 Å². The molecule has 1 aliphatic carbocycles. The minimum absolute atomic E-state index is 0.200. The number of nitrogens with zero attached hydrogens (tertiary/aromatic N) is 1. The van der Waals surface area contributed by atoms with Crippen LogP contribution < -0.4 is 5.32 Å². The van der Waals surface area contributed by atoms with E-state index in [4.69, 9.17) is 0 Å². The van der Waals surface area contributed by atoms with Gasteiger partial charge in [-0.3, -0.25) is 9.69 Å². The van der Waals surface area contributed by atoms with Gasteiger partial charge in [-0.1, -0.05) is 53.9 Å². The topological polar surface area (TPSA) is 32.3 Å². The van der Waals surface area contributed by atoms with E-state index in [-0.39, 0.29) is 11.3 Å². The van der Waals surface area contributed by atoms with Gasteiger partial charge in [0.05, 0.1) is 0 Å². The van der Waals surface area contributed by atoms with Crippen LogP contribution in [0.2, 0.25) is 0 Å². The number of likely N-dealkylation sites (tertiary alicyclic amines) is 1. The van der Waals surface area contributed by atoms with Crippen LogP contribution in [0.4, 0.5) is 0 Å². The van der Waals surface area contributed by atoms with Gasteiger partial charge in [0.25, 0.3) is 0 Å². The van der Waals surface area contributed by atoms with Crippen LogP contribution in [0.5, 0.6) is 0 Å². The summed E-state index contributed by atoms with van der Waals surface area (Å²) >= 11 is 0. The molecule has 2 unspecified atom stereocenters. The zero-order chi connectivity index (χ0) is 16.3. The van der Waals surface area contributed by atoms with E-state index in [1.165, 1.54) is 38.6 Å². The molecule has 2 aliphatic rings. The van der Waals surface area contributed by atoms with Crippen LogP contribution in [0, 0.1) is 17.3 Å².